The standard InChI is InChI=1S/C20H25NO4/c1-15(2)11-12-24-17-7-9-18(10-8-17)25-14-20(22)21-16-5-4-6-19(13-16)23-3/h4-10,13,15H,11-12,14H2,1-3H3,(H,21,22). The average molecular weight is 343 g/mol. The molecule has 25 heavy (non-hydrogen) atoms. The molecule has 0 radical (unpaired) electrons. The van der Waals surface area contributed by atoms with Crippen molar-refractivity contribution >= 4 is 11.6 Å². The first-order valence-electron chi connectivity index (χ1n) is 8.36. The van der Waals surface area contributed by atoms with E-state index in [2.05, 4.69) is 19.2 Å². The maximum Gasteiger partial charge on any atom is 0.262 e. The van der Waals surface area contributed by atoms with Crippen LogP contribution >= 0.6 is 0 Å². The molecule has 0 aliphatic heterocycles. The lowest BCUT2D eigenvalue weighted by atomic mass is 10.1. The third-order valence-electron chi connectivity index (χ3n) is 3.51. The number of hydrogen-bond acceptors (Lipinski definition) is 4. The van der Waals surface area contributed by atoms with Gasteiger partial charge in [0, 0.05) is 11.8 Å². The Bertz CT molecular complexity index is 668. The summed E-state index contributed by atoms with van der Waals surface area (Å²) < 4.78 is 16.3. The molecule has 0 spiro atoms. The van der Waals surface area contributed by atoms with Gasteiger partial charge in [0.1, 0.15) is 17.2 Å². The van der Waals surface area contributed by atoms with E-state index in [1.165, 1.54) is 0 Å². The number of carbonyl (C=O) groups is 1. The minimum atomic E-state index is -0.231. The van der Waals surface area contributed by atoms with Crippen molar-refractivity contribution < 1.29 is 19.0 Å². The Balaban J connectivity index is 1.77. The van der Waals surface area contributed by atoms with Crippen LogP contribution in [0.15, 0.2) is 48.5 Å². The van der Waals surface area contributed by atoms with Crippen molar-refractivity contribution in [1.29, 1.82) is 0 Å². The molecular weight excluding hydrogens is 318 g/mol. The maximum atomic E-state index is 12.0. The molecule has 0 aromatic heterocycles. The number of amides is 1. The highest BCUT2D eigenvalue weighted by Gasteiger charge is 2.05. The predicted octanol–water partition coefficient (Wildman–Crippen LogP) is 4.14. The number of methoxy groups -OCH3 is 1. The second-order valence-corrected chi connectivity index (χ2v) is 6.07. The molecule has 0 heterocycles. The monoisotopic (exact) mass is 343 g/mol. The fourth-order valence-electron chi connectivity index (χ4n) is 2.09. The molecule has 1 amide bonds. The number of carbonyl (C=O) groups excluding carboxylic acids is 1. The quantitative estimate of drug-likeness (QED) is 0.743. The number of hydrogen-bond donors (Lipinski definition) is 1. The predicted molar refractivity (Wildman–Crippen MR) is 98.5 cm³/mol. The van der Waals surface area contributed by atoms with Crippen molar-refractivity contribution in [3.05, 3.63) is 48.5 Å². The van der Waals surface area contributed by atoms with Gasteiger partial charge in [-0.25, -0.2) is 0 Å². The SMILES string of the molecule is COc1cccc(NC(=O)COc2ccc(OCCC(C)C)cc2)c1. The van der Waals surface area contributed by atoms with Gasteiger partial charge in [-0.1, -0.05) is 19.9 Å². The Morgan fingerprint density at radius 1 is 1.00 bits per heavy atom. The summed E-state index contributed by atoms with van der Waals surface area (Å²) in [5, 5.41) is 2.77. The van der Waals surface area contributed by atoms with Gasteiger partial charge in [-0.2, -0.15) is 0 Å². The molecule has 0 saturated carbocycles. The van der Waals surface area contributed by atoms with Crippen molar-refractivity contribution in [3.63, 3.8) is 0 Å². The maximum absolute atomic E-state index is 12.0. The molecule has 0 aliphatic rings. The van der Waals surface area contributed by atoms with Crippen molar-refractivity contribution in [2.24, 2.45) is 5.92 Å². The molecule has 0 saturated heterocycles. The normalized spacial score (nSPS) is 10.4. The van der Waals surface area contributed by atoms with Gasteiger partial charge in [-0.05, 0) is 48.7 Å². The molecule has 2 aromatic carbocycles. The van der Waals surface area contributed by atoms with Crippen molar-refractivity contribution in [2.75, 3.05) is 25.6 Å². The molecule has 0 unspecified atom stereocenters. The molecule has 2 aromatic rings. The molecule has 134 valence electrons. The summed E-state index contributed by atoms with van der Waals surface area (Å²) in [6, 6.07) is 14.5. The first kappa shape index (κ1) is 18.6. The molecule has 0 aliphatic carbocycles. The third kappa shape index (κ3) is 6.75. The van der Waals surface area contributed by atoms with E-state index in [1.54, 1.807) is 31.4 Å². The van der Waals surface area contributed by atoms with Crippen LogP contribution in [0.25, 0.3) is 0 Å². The molecule has 0 bridgehead atoms. The Labute approximate surface area is 148 Å². The summed E-state index contributed by atoms with van der Waals surface area (Å²) in [5.74, 6) is 2.49. The molecule has 1 N–H and O–H groups in total. The first-order valence-corrected chi connectivity index (χ1v) is 8.36. The number of ether oxygens (including phenoxy) is 3. The van der Waals surface area contributed by atoms with Gasteiger partial charge < -0.3 is 19.5 Å². The fourth-order valence-corrected chi connectivity index (χ4v) is 2.09. The van der Waals surface area contributed by atoms with Gasteiger partial charge >= 0.3 is 0 Å². The minimum absolute atomic E-state index is 0.0647. The van der Waals surface area contributed by atoms with E-state index >= 15 is 0 Å². The van der Waals surface area contributed by atoms with E-state index in [4.69, 9.17) is 14.2 Å². The van der Waals surface area contributed by atoms with Crippen LogP contribution in [0.4, 0.5) is 5.69 Å². The largest absolute Gasteiger partial charge is 0.497 e. The molecule has 0 atom stereocenters. The van der Waals surface area contributed by atoms with Crippen LogP contribution in [0.3, 0.4) is 0 Å². The number of nitrogens with one attached hydrogen (secondary N) is 1. The third-order valence-corrected chi connectivity index (χ3v) is 3.51. The molecule has 2 rings (SSSR count). The van der Waals surface area contributed by atoms with Crippen molar-refractivity contribution in [1.82, 2.24) is 0 Å². The van der Waals surface area contributed by atoms with Crippen LogP contribution in [0.2, 0.25) is 0 Å². The van der Waals surface area contributed by atoms with Crippen LogP contribution in [0, 0.1) is 5.92 Å². The molecule has 5 nitrogen and oxygen atoms in total. The van der Waals surface area contributed by atoms with E-state index in [-0.39, 0.29) is 12.5 Å². The highest BCUT2D eigenvalue weighted by atomic mass is 16.5. The zero-order valence-electron chi connectivity index (χ0n) is 15.0. The Hall–Kier alpha value is -2.69. The highest BCUT2D eigenvalue weighted by Crippen LogP contribution is 2.19. The lowest BCUT2D eigenvalue weighted by Crippen LogP contribution is -2.20. The van der Waals surface area contributed by atoms with E-state index < -0.39 is 0 Å². The molecule has 5 heteroatoms. The fraction of sp³-hybridized carbons (Fsp3) is 0.350. The summed E-state index contributed by atoms with van der Waals surface area (Å²) in [5.41, 5.74) is 0.668. The van der Waals surface area contributed by atoms with Gasteiger partial charge in [-0.15, -0.1) is 0 Å². The smallest absolute Gasteiger partial charge is 0.262 e. The van der Waals surface area contributed by atoms with Crippen LogP contribution in [-0.4, -0.2) is 26.2 Å². The Kier molecular flexibility index (Phi) is 7.14. The van der Waals surface area contributed by atoms with E-state index in [0.29, 0.717) is 29.7 Å². The van der Waals surface area contributed by atoms with Gasteiger partial charge in [0.2, 0.25) is 0 Å². The molecule has 0 fully saturated rings. The van der Waals surface area contributed by atoms with Gasteiger partial charge in [0.05, 0.1) is 13.7 Å². The van der Waals surface area contributed by atoms with Gasteiger partial charge in [0.25, 0.3) is 5.91 Å². The summed E-state index contributed by atoms with van der Waals surface area (Å²) in [6.45, 7) is 4.96. The summed E-state index contributed by atoms with van der Waals surface area (Å²) in [6.07, 6.45) is 1.02. The summed E-state index contributed by atoms with van der Waals surface area (Å²) >= 11 is 0. The zero-order valence-corrected chi connectivity index (χ0v) is 15.0. The van der Waals surface area contributed by atoms with Gasteiger partial charge in [0.15, 0.2) is 6.61 Å². The van der Waals surface area contributed by atoms with Crippen molar-refractivity contribution in [3.8, 4) is 17.2 Å². The highest BCUT2D eigenvalue weighted by molar-refractivity contribution is 5.92. The van der Waals surface area contributed by atoms with E-state index in [9.17, 15) is 4.79 Å². The van der Waals surface area contributed by atoms with Crippen LogP contribution < -0.4 is 19.5 Å². The minimum Gasteiger partial charge on any atom is -0.497 e. The number of rotatable bonds is 9. The van der Waals surface area contributed by atoms with E-state index in [0.717, 1.165) is 12.2 Å². The Morgan fingerprint density at radius 3 is 2.32 bits per heavy atom. The molecular formula is C20H25NO4. The second-order valence-electron chi connectivity index (χ2n) is 6.07. The summed E-state index contributed by atoms with van der Waals surface area (Å²) in [4.78, 5) is 12.0. The summed E-state index contributed by atoms with van der Waals surface area (Å²) in [7, 11) is 1.58. The van der Waals surface area contributed by atoms with E-state index in [1.807, 2.05) is 24.3 Å². The van der Waals surface area contributed by atoms with Crippen LogP contribution in [-0.2, 0) is 4.79 Å². The Morgan fingerprint density at radius 2 is 1.68 bits per heavy atom. The lowest BCUT2D eigenvalue weighted by molar-refractivity contribution is -0.118. The first-order chi connectivity index (χ1) is 12.1. The lowest BCUT2D eigenvalue weighted by Gasteiger charge is -2.10. The number of benzene rings is 2. The van der Waals surface area contributed by atoms with Crippen LogP contribution in [0.1, 0.15) is 20.3 Å². The number of anilines is 1. The van der Waals surface area contributed by atoms with Gasteiger partial charge in [-0.3, -0.25) is 4.79 Å². The zero-order chi connectivity index (χ0) is 18.1. The topological polar surface area (TPSA) is 56.8 Å². The average Bonchev–Trinajstić information content (AvgIpc) is 2.61. The second kappa shape index (κ2) is 9.57. The van der Waals surface area contributed by atoms with Crippen molar-refractivity contribution in [2.45, 2.75) is 20.3 Å². The van der Waals surface area contributed by atoms with Crippen LogP contribution in [0.5, 0.6) is 17.2 Å².